The summed E-state index contributed by atoms with van der Waals surface area (Å²) in [6.07, 6.45) is 5.05. The Bertz CT molecular complexity index is 732. The van der Waals surface area contributed by atoms with Crippen LogP contribution in [0.25, 0.3) is 11.5 Å². The molecule has 0 radical (unpaired) electrons. The Morgan fingerprint density at radius 2 is 2.05 bits per heavy atom. The van der Waals surface area contributed by atoms with Crippen molar-refractivity contribution in [2.45, 2.75) is 13.0 Å². The standard InChI is InChI=1S/C15H15FN4O/c1-10-14(19-9-18-10)15-17-6-7-20(15)13(8-21)11-2-4-12(16)5-3-11/h2-7,9,13,21H,8H2,1H3,(H,18,19). The van der Waals surface area contributed by atoms with Gasteiger partial charge in [0, 0.05) is 18.1 Å². The summed E-state index contributed by atoms with van der Waals surface area (Å²) in [6.45, 7) is 1.80. The van der Waals surface area contributed by atoms with E-state index in [1.54, 1.807) is 30.9 Å². The molecule has 0 aliphatic heterocycles. The summed E-state index contributed by atoms with van der Waals surface area (Å²) in [4.78, 5) is 11.6. The summed E-state index contributed by atoms with van der Waals surface area (Å²) < 4.78 is 14.9. The molecule has 0 fully saturated rings. The van der Waals surface area contributed by atoms with Crippen molar-refractivity contribution < 1.29 is 9.50 Å². The van der Waals surface area contributed by atoms with Gasteiger partial charge in [0.05, 0.1) is 19.0 Å². The Morgan fingerprint density at radius 1 is 1.29 bits per heavy atom. The number of halogens is 1. The number of aromatic amines is 1. The molecule has 108 valence electrons. The van der Waals surface area contributed by atoms with E-state index < -0.39 is 0 Å². The third-order valence-corrected chi connectivity index (χ3v) is 3.47. The van der Waals surface area contributed by atoms with E-state index in [-0.39, 0.29) is 18.5 Å². The average Bonchev–Trinajstić information content (AvgIpc) is 3.10. The van der Waals surface area contributed by atoms with Crippen molar-refractivity contribution in [3.05, 3.63) is 60.1 Å². The fraction of sp³-hybridized carbons (Fsp3) is 0.200. The van der Waals surface area contributed by atoms with Gasteiger partial charge in [0.1, 0.15) is 11.5 Å². The number of nitrogens with zero attached hydrogens (tertiary/aromatic N) is 3. The first-order valence-corrected chi connectivity index (χ1v) is 6.60. The van der Waals surface area contributed by atoms with Gasteiger partial charge in [-0.25, -0.2) is 14.4 Å². The molecule has 0 saturated heterocycles. The van der Waals surface area contributed by atoms with Gasteiger partial charge >= 0.3 is 0 Å². The molecule has 1 aromatic carbocycles. The van der Waals surface area contributed by atoms with Gasteiger partial charge in [0.25, 0.3) is 0 Å². The molecule has 0 spiro atoms. The smallest absolute Gasteiger partial charge is 0.161 e. The van der Waals surface area contributed by atoms with Crippen LogP contribution in [-0.2, 0) is 0 Å². The van der Waals surface area contributed by atoms with Crippen LogP contribution in [0.3, 0.4) is 0 Å². The zero-order valence-electron chi connectivity index (χ0n) is 11.5. The molecule has 1 unspecified atom stereocenters. The fourth-order valence-corrected chi connectivity index (χ4v) is 2.37. The van der Waals surface area contributed by atoms with Crippen molar-refractivity contribution in [3.63, 3.8) is 0 Å². The summed E-state index contributed by atoms with van der Waals surface area (Å²) >= 11 is 0. The number of H-pyrrole nitrogens is 1. The fourth-order valence-electron chi connectivity index (χ4n) is 2.37. The van der Waals surface area contributed by atoms with Crippen LogP contribution < -0.4 is 0 Å². The van der Waals surface area contributed by atoms with Gasteiger partial charge in [-0.1, -0.05) is 12.1 Å². The number of hydrogen-bond donors (Lipinski definition) is 2. The molecule has 5 nitrogen and oxygen atoms in total. The molecule has 0 aliphatic rings. The van der Waals surface area contributed by atoms with E-state index in [9.17, 15) is 9.50 Å². The Morgan fingerprint density at radius 3 is 2.67 bits per heavy atom. The minimum Gasteiger partial charge on any atom is -0.394 e. The summed E-state index contributed by atoms with van der Waals surface area (Å²) in [7, 11) is 0. The number of nitrogens with one attached hydrogen (secondary N) is 1. The van der Waals surface area contributed by atoms with Crippen molar-refractivity contribution in [2.75, 3.05) is 6.61 Å². The normalized spacial score (nSPS) is 12.5. The molecule has 21 heavy (non-hydrogen) atoms. The van der Waals surface area contributed by atoms with Gasteiger partial charge in [0.2, 0.25) is 0 Å². The summed E-state index contributed by atoms with van der Waals surface area (Å²) in [5.74, 6) is 0.363. The highest BCUT2D eigenvalue weighted by Gasteiger charge is 2.19. The molecular weight excluding hydrogens is 271 g/mol. The van der Waals surface area contributed by atoms with Crippen LogP contribution >= 0.6 is 0 Å². The highest BCUT2D eigenvalue weighted by atomic mass is 19.1. The number of aliphatic hydroxyl groups excluding tert-OH is 1. The van der Waals surface area contributed by atoms with Crippen molar-refractivity contribution in [1.82, 2.24) is 19.5 Å². The topological polar surface area (TPSA) is 66.7 Å². The molecule has 0 bridgehead atoms. The summed E-state index contributed by atoms with van der Waals surface area (Å²) in [6, 6.07) is 5.76. The number of aromatic nitrogens is 4. The van der Waals surface area contributed by atoms with Crippen molar-refractivity contribution in [3.8, 4) is 11.5 Å². The second kappa shape index (κ2) is 5.49. The SMILES string of the molecule is Cc1[nH]cnc1-c1nccn1C(CO)c1ccc(F)cc1. The molecule has 3 aromatic rings. The average molecular weight is 286 g/mol. The largest absolute Gasteiger partial charge is 0.394 e. The molecule has 0 aliphatic carbocycles. The first-order chi connectivity index (χ1) is 10.2. The zero-order chi connectivity index (χ0) is 14.8. The van der Waals surface area contributed by atoms with E-state index in [0.29, 0.717) is 5.82 Å². The number of aryl methyl sites for hydroxylation is 1. The van der Waals surface area contributed by atoms with Gasteiger partial charge in [-0.05, 0) is 24.6 Å². The van der Waals surface area contributed by atoms with Crippen LogP contribution in [-0.4, -0.2) is 31.2 Å². The molecule has 0 amide bonds. The van der Waals surface area contributed by atoms with Crippen LogP contribution in [0.1, 0.15) is 17.3 Å². The minimum absolute atomic E-state index is 0.113. The molecule has 2 aromatic heterocycles. The quantitative estimate of drug-likeness (QED) is 0.773. The second-order valence-corrected chi connectivity index (χ2v) is 4.78. The molecule has 1 atom stereocenters. The molecule has 0 saturated carbocycles. The maximum absolute atomic E-state index is 13.1. The van der Waals surface area contributed by atoms with E-state index >= 15 is 0 Å². The Labute approximate surface area is 121 Å². The number of imidazole rings is 2. The number of aliphatic hydroxyl groups is 1. The predicted molar refractivity (Wildman–Crippen MR) is 76.2 cm³/mol. The summed E-state index contributed by atoms with van der Waals surface area (Å²) in [5, 5.41) is 9.74. The molecular formula is C15H15FN4O. The minimum atomic E-state index is -0.334. The van der Waals surface area contributed by atoms with Gasteiger partial charge < -0.3 is 14.7 Å². The van der Waals surface area contributed by atoms with Crippen LogP contribution in [0.4, 0.5) is 4.39 Å². The Balaban J connectivity index is 2.05. The van der Waals surface area contributed by atoms with Gasteiger partial charge in [-0.2, -0.15) is 0 Å². The third-order valence-electron chi connectivity index (χ3n) is 3.47. The lowest BCUT2D eigenvalue weighted by molar-refractivity contribution is 0.250. The highest BCUT2D eigenvalue weighted by Crippen LogP contribution is 2.25. The van der Waals surface area contributed by atoms with Crippen LogP contribution in [0, 0.1) is 12.7 Å². The van der Waals surface area contributed by atoms with Crippen molar-refractivity contribution in [1.29, 1.82) is 0 Å². The monoisotopic (exact) mass is 286 g/mol. The van der Waals surface area contributed by atoms with Crippen LogP contribution in [0.2, 0.25) is 0 Å². The Kier molecular flexibility index (Phi) is 3.53. The van der Waals surface area contributed by atoms with E-state index in [2.05, 4.69) is 15.0 Å². The third kappa shape index (κ3) is 2.45. The first kappa shape index (κ1) is 13.5. The van der Waals surface area contributed by atoms with Gasteiger partial charge in [-0.3, -0.25) is 0 Å². The van der Waals surface area contributed by atoms with E-state index in [4.69, 9.17) is 0 Å². The lowest BCUT2D eigenvalue weighted by Gasteiger charge is -2.18. The van der Waals surface area contributed by atoms with E-state index in [1.807, 2.05) is 11.5 Å². The molecule has 3 rings (SSSR count). The molecule has 2 heterocycles. The molecule has 6 heteroatoms. The van der Waals surface area contributed by atoms with Gasteiger partial charge in [0.15, 0.2) is 5.82 Å². The second-order valence-electron chi connectivity index (χ2n) is 4.78. The zero-order valence-corrected chi connectivity index (χ0v) is 11.5. The van der Waals surface area contributed by atoms with Crippen LogP contribution in [0.5, 0.6) is 0 Å². The molecule has 2 N–H and O–H groups in total. The lowest BCUT2D eigenvalue weighted by Crippen LogP contribution is -2.15. The summed E-state index contributed by atoms with van der Waals surface area (Å²) in [5.41, 5.74) is 2.45. The van der Waals surface area contributed by atoms with Crippen LogP contribution in [0.15, 0.2) is 43.0 Å². The number of hydrogen-bond acceptors (Lipinski definition) is 3. The maximum atomic E-state index is 13.1. The van der Waals surface area contributed by atoms with E-state index in [1.165, 1.54) is 12.1 Å². The number of benzene rings is 1. The van der Waals surface area contributed by atoms with Crippen molar-refractivity contribution >= 4 is 0 Å². The predicted octanol–water partition coefficient (Wildman–Crippen LogP) is 2.30. The highest BCUT2D eigenvalue weighted by molar-refractivity contribution is 5.53. The number of rotatable bonds is 4. The lowest BCUT2D eigenvalue weighted by atomic mass is 10.1. The maximum Gasteiger partial charge on any atom is 0.161 e. The first-order valence-electron chi connectivity index (χ1n) is 6.60. The van der Waals surface area contributed by atoms with Gasteiger partial charge in [-0.15, -0.1) is 0 Å². The Hall–Kier alpha value is -2.47. The van der Waals surface area contributed by atoms with Crippen molar-refractivity contribution in [2.24, 2.45) is 0 Å². The van der Waals surface area contributed by atoms with E-state index in [0.717, 1.165) is 17.0 Å².